The van der Waals surface area contributed by atoms with Crippen LogP contribution in [0.2, 0.25) is 0 Å². The maximum Gasteiger partial charge on any atom is 0.337 e. The van der Waals surface area contributed by atoms with E-state index in [-0.39, 0.29) is 17.9 Å². The van der Waals surface area contributed by atoms with E-state index >= 15 is 0 Å². The minimum atomic E-state index is -1.07. The highest BCUT2D eigenvalue weighted by atomic mass is 16.4. The van der Waals surface area contributed by atoms with E-state index in [0.29, 0.717) is 5.69 Å². The minimum Gasteiger partial charge on any atom is -0.478 e. The lowest BCUT2D eigenvalue weighted by Gasteiger charge is -2.11. The fraction of sp³-hybridized carbons (Fsp3) is 0.0769. The van der Waals surface area contributed by atoms with Crippen LogP contribution in [0.3, 0.4) is 0 Å². The number of nitrogens with one attached hydrogen (secondary N) is 1. The average Bonchev–Trinajstić information content (AvgIpc) is 2.74. The summed E-state index contributed by atoms with van der Waals surface area (Å²) in [4.78, 5) is 24.1. The monoisotopic (exact) mass is 397 g/mol. The van der Waals surface area contributed by atoms with Crippen molar-refractivity contribution in [3.05, 3.63) is 114 Å². The van der Waals surface area contributed by atoms with Gasteiger partial charge in [-0.15, -0.1) is 0 Å². The SMILES string of the molecule is C=C/C=C\C=C/Cc1ccc(CC(=O)Nc2cc3ccccc3cc2C(=O)O)cc1. The summed E-state index contributed by atoms with van der Waals surface area (Å²) in [6.07, 6.45) is 10.5. The smallest absolute Gasteiger partial charge is 0.337 e. The standard InChI is InChI=1S/C26H23NO3/c1-2-3-4-5-6-9-19-12-14-20(15-13-19)16-25(28)27-24-18-22-11-8-7-10-21(22)17-23(24)26(29)30/h2-8,10-15,17-18H,1,9,16H2,(H,27,28)(H,29,30)/b4-3-,6-5-. The second kappa shape index (κ2) is 10.0. The van der Waals surface area contributed by atoms with Gasteiger partial charge in [-0.3, -0.25) is 4.79 Å². The van der Waals surface area contributed by atoms with Gasteiger partial charge in [0.2, 0.25) is 5.91 Å². The van der Waals surface area contributed by atoms with Crippen molar-refractivity contribution in [2.24, 2.45) is 0 Å². The number of carboxylic acids is 1. The third-order valence-corrected chi connectivity index (χ3v) is 4.63. The molecule has 0 saturated carbocycles. The van der Waals surface area contributed by atoms with Crippen LogP contribution in [0.1, 0.15) is 21.5 Å². The van der Waals surface area contributed by atoms with Gasteiger partial charge in [-0.2, -0.15) is 0 Å². The Morgan fingerprint density at radius 1 is 0.900 bits per heavy atom. The van der Waals surface area contributed by atoms with Gasteiger partial charge < -0.3 is 10.4 Å². The summed E-state index contributed by atoms with van der Waals surface area (Å²) in [5.74, 6) is -1.33. The van der Waals surface area contributed by atoms with Crippen molar-refractivity contribution in [1.29, 1.82) is 0 Å². The molecule has 3 rings (SSSR count). The number of allylic oxidation sites excluding steroid dienone is 5. The molecule has 0 heterocycles. The lowest BCUT2D eigenvalue weighted by Crippen LogP contribution is -2.17. The largest absolute Gasteiger partial charge is 0.478 e. The first kappa shape index (κ1) is 20.8. The van der Waals surface area contributed by atoms with Gasteiger partial charge >= 0.3 is 5.97 Å². The lowest BCUT2D eigenvalue weighted by molar-refractivity contribution is -0.115. The summed E-state index contributed by atoms with van der Waals surface area (Å²) in [7, 11) is 0. The van der Waals surface area contributed by atoms with Crippen molar-refractivity contribution >= 4 is 28.3 Å². The highest BCUT2D eigenvalue weighted by Gasteiger charge is 2.14. The van der Waals surface area contributed by atoms with Crippen LogP contribution in [0, 0.1) is 0 Å². The number of hydrogen-bond acceptors (Lipinski definition) is 2. The molecule has 4 nitrogen and oxygen atoms in total. The summed E-state index contributed by atoms with van der Waals surface area (Å²) < 4.78 is 0. The van der Waals surface area contributed by atoms with Crippen LogP contribution in [0.15, 0.2) is 97.6 Å². The van der Waals surface area contributed by atoms with Crippen molar-refractivity contribution in [3.8, 4) is 0 Å². The molecule has 0 bridgehead atoms. The Labute approximate surface area is 175 Å². The van der Waals surface area contributed by atoms with Crippen LogP contribution >= 0.6 is 0 Å². The third-order valence-electron chi connectivity index (χ3n) is 4.63. The molecule has 0 aromatic heterocycles. The number of anilines is 1. The number of benzene rings is 3. The van der Waals surface area contributed by atoms with Gasteiger partial charge in [0.15, 0.2) is 0 Å². The molecular weight excluding hydrogens is 374 g/mol. The molecule has 150 valence electrons. The molecule has 0 saturated heterocycles. The van der Waals surface area contributed by atoms with E-state index in [1.807, 2.05) is 66.8 Å². The molecular formula is C26H23NO3. The highest BCUT2D eigenvalue weighted by Crippen LogP contribution is 2.24. The van der Waals surface area contributed by atoms with E-state index in [4.69, 9.17) is 0 Å². The molecule has 0 fully saturated rings. The van der Waals surface area contributed by atoms with Crippen molar-refractivity contribution < 1.29 is 14.7 Å². The van der Waals surface area contributed by atoms with Crippen LogP contribution in [0.4, 0.5) is 5.69 Å². The molecule has 3 aromatic carbocycles. The van der Waals surface area contributed by atoms with Crippen molar-refractivity contribution in [2.75, 3.05) is 5.32 Å². The van der Waals surface area contributed by atoms with Crippen LogP contribution in [0.25, 0.3) is 10.8 Å². The molecule has 0 aliphatic rings. The Kier molecular flexibility index (Phi) is 6.95. The zero-order valence-corrected chi connectivity index (χ0v) is 16.5. The van der Waals surface area contributed by atoms with Gasteiger partial charge in [-0.05, 0) is 40.5 Å². The average molecular weight is 397 g/mol. The molecule has 3 aromatic rings. The van der Waals surface area contributed by atoms with E-state index in [1.165, 1.54) is 0 Å². The van der Waals surface area contributed by atoms with E-state index < -0.39 is 5.97 Å². The molecule has 4 heteroatoms. The molecule has 0 unspecified atom stereocenters. The highest BCUT2D eigenvalue weighted by molar-refractivity contribution is 6.05. The first-order chi connectivity index (χ1) is 14.6. The zero-order valence-electron chi connectivity index (χ0n) is 16.5. The van der Waals surface area contributed by atoms with Crippen LogP contribution in [-0.2, 0) is 17.6 Å². The fourth-order valence-corrected chi connectivity index (χ4v) is 3.12. The number of carbonyl (C=O) groups is 2. The Morgan fingerprint density at radius 2 is 1.57 bits per heavy atom. The van der Waals surface area contributed by atoms with Crippen molar-refractivity contribution in [1.82, 2.24) is 0 Å². The molecule has 0 spiro atoms. The van der Waals surface area contributed by atoms with E-state index in [9.17, 15) is 14.7 Å². The maximum absolute atomic E-state index is 12.5. The minimum absolute atomic E-state index is 0.0784. The molecule has 30 heavy (non-hydrogen) atoms. The van der Waals surface area contributed by atoms with E-state index in [1.54, 1.807) is 18.2 Å². The molecule has 0 aliphatic heterocycles. The topological polar surface area (TPSA) is 66.4 Å². The Hall–Kier alpha value is -3.92. The van der Waals surface area contributed by atoms with Gasteiger partial charge in [-0.25, -0.2) is 4.79 Å². The van der Waals surface area contributed by atoms with Crippen LogP contribution in [0.5, 0.6) is 0 Å². The number of fused-ring (bicyclic) bond motifs is 1. The number of hydrogen-bond donors (Lipinski definition) is 2. The molecule has 0 atom stereocenters. The number of aromatic carboxylic acids is 1. The number of carboxylic acid groups (broad SMARTS) is 1. The fourth-order valence-electron chi connectivity index (χ4n) is 3.12. The molecule has 0 radical (unpaired) electrons. The number of amides is 1. The van der Waals surface area contributed by atoms with Gasteiger partial charge in [0, 0.05) is 0 Å². The second-order valence-electron chi connectivity index (χ2n) is 6.84. The van der Waals surface area contributed by atoms with Crippen molar-refractivity contribution in [2.45, 2.75) is 12.8 Å². The maximum atomic E-state index is 12.5. The summed E-state index contributed by atoms with van der Waals surface area (Å²) >= 11 is 0. The lowest BCUT2D eigenvalue weighted by atomic mass is 10.0. The van der Waals surface area contributed by atoms with Crippen molar-refractivity contribution in [3.63, 3.8) is 0 Å². The molecule has 0 aliphatic carbocycles. The Morgan fingerprint density at radius 3 is 2.23 bits per heavy atom. The number of carbonyl (C=O) groups excluding carboxylic acids is 1. The third kappa shape index (κ3) is 5.55. The molecule has 2 N–H and O–H groups in total. The van der Waals surface area contributed by atoms with Gasteiger partial charge in [0.05, 0.1) is 17.7 Å². The van der Waals surface area contributed by atoms with Gasteiger partial charge in [0.1, 0.15) is 0 Å². The summed E-state index contributed by atoms with van der Waals surface area (Å²) in [6.45, 7) is 3.62. The van der Waals surface area contributed by atoms with E-state index in [2.05, 4.69) is 18.0 Å². The number of rotatable bonds is 8. The Balaban J connectivity index is 1.67. The first-order valence-corrected chi connectivity index (χ1v) is 9.65. The first-order valence-electron chi connectivity index (χ1n) is 9.65. The summed E-state index contributed by atoms with van der Waals surface area (Å²) in [5.41, 5.74) is 2.39. The van der Waals surface area contributed by atoms with E-state index in [0.717, 1.165) is 28.3 Å². The van der Waals surface area contributed by atoms with Gasteiger partial charge in [0.25, 0.3) is 0 Å². The second-order valence-corrected chi connectivity index (χ2v) is 6.84. The van der Waals surface area contributed by atoms with Crippen LogP contribution < -0.4 is 5.32 Å². The zero-order chi connectivity index (χ0) is 21.3. The predicted molar refractivity (Wildman–Crippen MR) is 122 cm³/mol. The molecule has 1 amide bonds. The normalized spacial score (nSPS) is 11.2. The summed E-state index contributed by atoms with van der Waals surface area (Å²) in [6, 6.07) is 18.6. The van der Waals surface area contributed by atoms with Gasteiger partial charge in [-0.1, -0.05) is 85.5 Å². The predicted octanol–water partition coefficient (Wildman–Crippen LogP) is 5.56. The summed E-state index contributed by atoms with van der Waals surface area (Å²) in [5, 5.41) is 14.0. The quantitative estimate of drug-likeness (QED) is 0.489. The van der Waals surface area contributed by atoms with Crippen LogP contribution in [-0.4, -0.2) is 17.0 Å². The Bertz CT molecular complexity index is 1120.